The molecule has 0 saturated heterocycles. The first-order valence-corrected chi connectivity index (χ1v) is 9.30. The third-order valence-corrected chi connectivity index (χ3v) is 4.44. The van der Waals surface area contributed by atoms with Gasteiger partial charge in [0, 0.05) is 10.7 Å². The molecule has 0 heterocycles. The summed E-state index contributed by atoms with van der Waals surface area (Å²) in [7, 11) is 0. The van der Waals surface area contributed by atoms with Gasteiger partial charge in [0.05, 0.1) is 18.2 Å². The first kappa shape index (κ1) is 17.4. The van der Waals surface area contributed by atoms with E-state index in [1.54, 1.807) is 0 Å². The highest BCUT2D eigenvalue weighted by Crippen LogP contribution is 2.34. The van der Waals surface area contributed by atoms with Gasteiger partial charge in [-0.05, 0) is 49.4 Å². The van der Waals surface area contributed by atoms with Crippen molar-refractivity contribution in [1.82, 2.24) is 0 Å². The molecule has 0 aliphatic rings. The van der Waals surface area contributed by atoms with E-state index in [0.29, 0.717) is 18.2 Å². The molecule has 4 heteroatoms. The van der Waals surface area contributed by atoms with E-state index in [0.717, 1.165) is 34.0 Å². The van der Waals surface area contributed by atoms with Crippen LogP contribution in [0.2, 0.25) is 5.02 Å². The Bertz CT molecular complexity index is 601. The van der Waals surface area contributed by atoms with Gasteiger partial charge in [0.1, 0.15) is 11.5 Å². The summed E-state index contributed by atoms with van der Waals surface area (Å²) in [6.45, 7) is 3.35. The van der Waals surface area contributed by atoms with Crippen molar-refractivity contribution in [1.29, 1.82) is 0 Å². The third-order valence-electron chi connectivity index (χ3n) is 3.49. The topological polar surface area (TPSA) is 18.5 Å². The van der Waals surface area contributed by atoms with Gasteiger partial charge in [0.25, 0.3) is 0 Å². The number of halogens is 2. The number of alkyl halides is 1. The minimum Gasteiger partial charge on any atom is -0.494 e. The molecule has 2 aromatic carbocycles. The second-order valence-electron chi connectivity index (χ2n) is 5.15. The van der Waals surface area contributed by atoms with Gasteiger partial charge in [-0.25, -0.2) is 0 Å². The number of benzene rings is 2. The summed E-state index contributed by atoms with van der Waals surface area (Å²) < 4.78 is 11.3. The first-order valence-electron chi connectivity index (χ1n) is 7.80. The Balaban J connectivity index is 1.99. The van der Waals surface area contributed by atoms with Crippen molar-refractivity contribution in [2.75, 3.05) is 18.5 Å². The van der Waals surface area contributed by atoms with E-state index in [-0.39, 0.29) is 0 Å². The summed E-state index contributed by atoms with van der Waals surface area (Å²) in [6.07, 6.45) is 4.71. The van der Waals surface area contributed by atoms with Crippen LogP contribution in [0.5, 0.6) is 11.5 Å². The summed E-state index contributed by atoms with van der Waals surface area (Å²) in [5, 5.41) is 3.83. The highest BCUT2D eigenvalue weighted by molar-refractivity contribution is 9.09. The Morgan fingerprint density at radius 1 is 1.00 bits per heavy atom. The maximum atomic E-state index is 6.46. The highest BCUT2D eigenvalue weighted by Gasteiger charge is 2.07. The monoisotopic (exact) mass is 384 g/mol. The van der Waals surface area contributed by atoms with Crippen molar-refractivity contribution < 1.29 is 9.47 Å². The highest BCUT2D eigenvalue weighted by atomic mass is 79.9. The van der Waals surface area contributed by atoms with Crippen molar-refractivity contribution in [3.63, 3.8) is 0 Å². The standard InChI is InChI=1S/C18H22BrClO2/c1-2-21-15-8-9-16-14(13-15)7-10-17(18(16)20)22-12-6-4-3-5-11-19/h7-10,13H,2-6,11-12H2,1H3. The fraction of sp³-hybridized carbons (Fsp3) is 0.444. The Kier molecular flexibility index (Phi) is 7.34. The lowest BCUT2D eigenvalue weighted by Gasteiger charge is -2.11. The van der Waals surface area contributed by atoms with Crippen LogP contribution in [0.1, 0.15) is 32.6 Å². The molecule has 0 bridgehead atoms. The number of hydrogen-bond acceptors (Lipinski definition) is 2. The maximum absolute atomic E-state index is 6.46. The van der Waals surface area contributed by atoms with E-state index in [9.17, 15) is 0 Å². The molecule has 0 unspecified atom stereocenters. The molecular formula is C18H22BrClO2. The predicted molar refractivity (Wildman–Crippen MR) is 97.9 cm³/mol. The summed E-state index contributed by atoms with van der Waals surface area (Å²) in [4.78, 5) is 0. The van der Waals surface area contributed by atoms with Gasteiger partial charge in [-0.2, -0.15) is 0 Å². The Morgan fingerprint density at radius 2 is 1.82 bits per heavy atom. The molecule has 0 aliphatic heterocycles. The minimum atomic E-state index is 0.662. The molecule has 2 rings (SSSR count). The molecule has 0 fully saturated rings. The van der Waals surface area contributed by atoms with Gasteiger partial charge in [-0.1, -0.05) is 46.4 Å². The van der Waals surface area contributed by atoms with Gasteiger partial charge >= 0.3 is 0 Å². The van der Waals surface area contributed by atoms with E-state index in [1.165, 1.54) is 19.3 Å². The molecule has 0 spiro atoms. The van der Waals surface area contributed by atoms with Gasteiger partial charge in [0.15, 0.2) is 0 Å². The summed E-state index contributed by atoms with van der Waals surface area (Å²) in [5.74, 6) is 1.63. The van der Waals surface area contributed by atoms with E-state index in [1.807, 2.05) is 37.3 Å². The summed E-state index contributed by atoms with van der Waals surface area (Å²) in [6, 6.07) is 9.92. The number of unbranched alkanes of at least 4 members (excludes halogenated alkanes) is 3. The smallest absolute Gasteiger partial charge is 0.138 e. The van der Waals surface area contributed by atoms with Crippen molar-refractivity contribution in [3.8, 4) is 11.5 Å². The zero-order valence-corrected chi connectivity index (χ0v) is 15.3. The lowest BCUT2D eigenvalue weighted by molar-refractivity contribution is 0.305. The van der Waals surface area contributed by atoms with Gasteiger partial charge in [-0.15, -0.1) is 0 Å². The quantitative estimate of drug-likeness (QED) is 0.376. The Hall–Kier alpha value is -0.930. The van der Waals surface area contributed by atoms with Crippen LogP contribution in [0.25, 0.3) is 10.8 Å². The zero-order chi connectivity index (χ0) is 15.8. The number of hydrogen-bond donors (Lipinski definition) is 0. The molecule has 0 radical (unpaired) electrons. The molecule has 120 valence electrons. The average molecular weight is 386 g/mol. The SMILES string of the molecule is CCOc1ccc2c(Cl)c(OCCCCCCBr)ccc2c1. The zero-order valence-electron chi connectivity index (χ0n) is 12.9. The number of ether oxygens (including phenoxy) is 2. The maximum Gasteiger partial charge on any atom is 0.138 e. The van der Waals surface area contributed by atoms with Crippen LogP contribution in [-0.2, 0) is 0 Å². The van der Waals surface area contributed by atoms with Crippen molar-refractivity contribution in [3.05, 3.63) is 35.4 Å². The van der Waals surface area contributed by atoms with E-state index in [4.69, 9.17) is 21.1 Å². The Morgan fingerprint density at radius 3 is 2.59 bits per heavy atom. The average Bonchev–Trinajstić information content (AvgIpc) is 2.53. The number of fused-ring (bicyclic) bond motifs is 1. The van der Waals surface area contributed by atoms with Crippen molar-refractivity contribution in [2.24, 2.45) is 0 Å². The number of rotatable bonds is 9. The molecular weight excluding hydrogens is 364 g/mol. The predicted octanol–water partition coefficient (Wildman–Crippen LogP) is 6.23. The minimum absolute atomic E-state index is 0.662. The molecule has 2 nitrogen and oxygen atoms in total. The summed E-state index contributed by atoms with van der Waals surface area (Å²) in [5.41, 5.74) is 0. The lowest BCUT2D eigenvalue weighted by Crippen LogP contribution is -1.98. The summed E-state index contributed by atoms with van der Waals surface area (Å²) >= 11 is 9.91. The molecule has 0 atom stereocenters. The molecule has 0 aliphatic carbocycles. The normalized spacial score (nSPS) is 10.9. The second kappa shape index (κ2) is 9.26. The van der Waals surface area contributed by atoms with Crippen LogP contribution in [0.4, 0.5) is 0 Å². The van der Waals surface area contributed by atoms with Crippen LogP contribution < -0.4 is 9.47 Å². The van der Waals surface area contributed by atoms with Crippen LogP contribution in [0, 0.1) is 0 Å². The first-order chi connectivity index (χ1) is 10.8. The molecule has 0 amide bonds. The largest absolute Gasteiger partial charge is 0.494 e. The second-order valence-corrected chi connectivity index (χ2v) is 6.32. The van der Waals surface area contributed by atoms with E-state index in [2.05, 4.69) is 15.9 Å². The van der Waals surface area contributed by atoms with Gasteiger partial charge in [-0.3, -0.25) is 0 Å². The lowest BCUT2D eigenvalue weighted by atomic mass is 10.1. The fourth-order valence-corrected chi connectivity index (χ4v) is 3.04. The van der Waals surface area contributed by atoms with Gasteiger partial charge < -0.3 is 9.47 Å². The van der Waals surface area contributed by atoms with Gasteiger partial charge in [0.2, 0.25) is 0 Å². The molecule has 0 saturated carbocycles. The van der Waals surface area contributed by atoms with Crippen LogP contribution in [0.15, 0.2) is 30.3 Å². The van der Waals surface area contributed by atoms with E-state index < -0.39 is 0 Å². The van der Waals surface area contributed by atoms with Crippen LogP contribution in [0.3, 0.4) is 0 Å². The third kappa shape index (κ3) is 4.79. The Labute approximate surface area is 145 Å². The van der Waals surface area contributed by atoms with E-state index >= 15 is 0 Å². The van der Waals surface area contributed by atoms with Crippen molar-refractivity contribution >= 4 is 38.3 Å². The molecule has 0 N–H and O–H groups in total. The molecule has 22 heavy (non-hydrogen) atoms. The fourth-order valence-electron chi connectivity index (χ4n) is 2.35. The molecule has 0 aromatic heterocycles. The van der Waals surface area contributed by atoms with Crippen LogP contribution >= 0.6 is 27.5 Å². The van der Waals surface area contributed by atoms with Crippen molar-refractivity contribution in [2.45, 2.75) is 32.6 Å². The van der Waals surface area contributed by atoms with Crippen LogP contribution in [-0.4, -0.2) is 18.5 Å². The molecule has 2 aromatic rings.